The van der Waals surface area contributed by atoms with Gasteiger partial charge in [0.05, 0.1) is 18.6 Å². The number of rotatable bonds is 5. The van der Waals surface area contributed by atoms with Crippen molar-refractivity contribution < 1.29 is 34.7 Å². The van der Waals surface area contributed by atoms with Gasteiger partial charge in [-0.05, 0) is 25.1 Å². The Morgan fingerprint density at radius 2 is 1.96 bits per heavy atom. The minimum Gasteiger partial charge on any atom is -0.496 e. The van der Waals surface area contributed by atoms with Crippen molar-refractivity contribution in [2.75, 3.05) is 13.7 Å². The van der Waals surface area contributed by atoms with Crippen LogP contribution in [0, 0.1) is 0 Å². The maximum Gasteiger partial charge on any atom is 0.159 e. The molecule has 1 saturated heterocycles. The molecule has 1 heterocycles. The second kappa shape index (κ2) is 7.61. The fourth-order valence-electron chi connectivity index (χ4n) is 2.28. The number of methoxy groups -OCH3 is 1. The summed E-state index contributed by atoms with van der Waals surface area (Å²) in [5.74, 6) is 0.361. The van der Waals surface area contributed by atoms with Crippen LogP contribution in [0.4, 0.5) is 0 Å². The smallest absolute Gasteiger partial charge is 0.159 e. The van der Waals surface area contributed by atoms with E-state index in [2.05, 4.69) is 0 Å². The van der Waals surface area contributed by atoms with Gasteiger partial charge in [-0.25, -0.2) is 0 Å². The first-order chi connectivity index (χ1) is 10.9. The molecule has 0 bridgehead atoms. The van der Waals surface area contributed by atoms with E-state index in [9.17, 15) is 25.2 Å². The van der Waals surface area contributed by atoms with Gasteiger partial charge in [-0.1, -0.05) is 11.8 Å². The largest absolute Gasteiger partial charge is 0.496 e. The van der Waals surface area contributed by atoms with Gasteiger partial charge in [-0.2, -0.15) is 0 Å². The highest BCUT2D eigenvalue weighted by Gasteiger charge is 2.44. The Morgan fingerprint density at radius 3 is 2.52 bits per heavy atom. The number of ketones is 1. The number of hydrogen-bond acceptors (Lipinski definition) is 8. The van der Waals surface area contributed by atoms with Crippen molar-refractivity contribution >= 4 is 17.5 Å². The van der Waals surface area contributed by atoms with Crippen molar-refractivity contribution in [2.45, 2.75) is 41.7 Å². The Kier molecular flexibility index (Phi) is 6.01. The number of benzene rings is 1. The summed E-state index contributed by atoms with van der Waals surface area (Å²) in [6, 6.07) is 4.86. The number of carbonyl (C=O) groups excluding carboxylic acids is 1. The van der Waals surface area contributed by atoms with Gasteiger partial charge in [-0.15, -0.1) is 0 Å². The average Bonchev–Trinajstić information content (AvgIpc) is 2.55. The molecule has 1 aliphatic rings. The van der Waals surface area contributed by atoms with Crippen LogP contribution >= 0.6 is 11.8 Å². The number of thioether (sulfide) groups is 1. The Labute approximate surface area is 137 Å². The Morgan fingerprint density at radius 1 is 1.26 bits per heavy atom. The molecule has 23 heavy (non-hydrogen) atoms. The lowest BCUT2D eigenvalue weighted by Crippen LogP contribution is -2.57. The topological polar surface area (TPSA) is 116 Å². The monoisotopic (exact) mass is 344 g/mol. The third-order valence-electron chi connectivity index (χ3n) is 3.66. The first-order valence-electron chi connectivity index (χ1n) is 7.05. The lowest BCUT2D eigenvalue weighted by atomic mass is 10.0. The van der Waals surface area contributed by atoms with Crippen LogP contribution in [0.3, 0.4) is 0 Å². The Hall–Kier alpha value is -1.16. The van der Waals surface area contributed by atoms with Crippen LogP contribution in [0.25, 0.3) is 0 Å². The van der Waals surface area contributed by atoms with Crippen LogP contribution < -0.4 is 4.74 Å². The minimum absolute atomic E-state index is 0.122. The van der Waals surface area contributed by atoms with E-state index in [1.165, 1.54) is 14.0 Å². The molecule has 2 rings (SSSR count). The second-order valence-corrected chi connectivity index (χ2v) is 6.38. The second-order valence-electron chi connectivity index (χ2n) is 5.24. The van der Waals surface area contributed by atoms with Gasteiger partial charge in [0, 0.05) is 5.56 Å². The SMILES string of the molecule is COc1ccc(C(C)=O)cc1S[C@@H]1O[C@H](CO)[C@H](O)[C@H](O)[C@H]1O. The predicted octanol–water partition coefficient (Wildman–Crippen LogP) is -0.210. The molecule has 1 aromatic carbocycles. The lowest BCUT2D eigenvalue weighted by molar-refractivity contribution is -0.205. The number of Topliss-reactive ketones (excluding diaryl/α,β-unsaturated/α-hetero) is 1. The summed E-state index contributed by atoms with van der Waals surface area (Å²) in [6.07, 6.45) is -5.19. The molecule has 7 nitrogen and oxygen atoms in total. The molecule has 4 N–H and O–H groups in total. The van der Waals surface area contributed by atoms with Crippen LogP contribution in [0.5, 0.6) is 5.75 Å². The summed E-state index contributed by atoms with van der Waals surface area (Å²) < 4.78 is 10.7. The van der Waals surface area contributed by atoms with E-state index in [0.29, 0.717) is 16.2 Å². The summed E-state index contributed by atoms with van der Waals surface area (Å²) in [5.41, 5.74) is -0.459. The van der Waals surface area contributed by atoms with Crippen LogP contribution in [0.2, 0.25) is 0 Å². The number of aliphatic hydroxyl groups is 4. The zero-order valence-corrected chi connectivity index (χ0v) is 13.6. The van der Waals surface area contributed by atoms with Crippen molar-refractivity contribution in [1.82, 2.24) is 0 Å². The molecular formula is C15H20O7S. The zero-order chi connectivity index (χ0) is 17.1. The fourth-order valence-corrected chi connectivity index (χ4v) is 3.49. The van der Waals surface area contributed by atoms with Gasteiger partial charge in [0.1, 0.15) is 35.6 Å². The number of ether oxygens (including phenoxy) is 2. The van der Waals surface area contributed by atoms with E-state index in [1.807, 2.05) is 0 Å². The molecule has 0 saturated carbocycles. The van der Waals surface area contributed by atoms with Gasteiger partial charge < -0.3 is 29.9 Å². The quantitative estimate of drug-likeness (QED) is 0.542. The molecular weight excluding hydrogens is 324 g/mol. The van der Waals surface area contributed by atoms with E-state index in [-0.39, 0.29) is 5.78 Å². The molecule has 0 radical (unpaired) electrons. The summed E-state index contributed by atoms with van der Waals surface area (Å²) in [7, 11) is 1.47. The van der Waals surface area contributed by atoms with Crippen molar-refractivity contribution in [3.8, 4) is 5.75 Å². The Bertz CT molecular complexity index is 563. The minimum atomic E-state index is -1.44. The number of aliphatic hydroxyl groups excluding tert-OH is 4. The maximum atomic E-state index is 11.5. The van der Waals surface area contributed by atoms with E-state index in [1.54, 1.807) is 18.2 Å². The molecule has 1 fully saturated rings. The first kappa shape index (κ1) is 18.2. The molecule has 128 valence electrons. The molecule has 1 aliphatic heterocycles. The highest BCUT2D eigenvalue weighted by molar-refractivity contribution is 8.00. The summed E-state index contributed by atoms with van der Waals surface area (Å²) in [6.45, 7) is 0.941. The molecule has 8 heteroatoms. The number of carbonyl (C=O) groups is 1. The van der Waals surface area contributed by atoms with Crippen molar-refractivity contribution in [3.63, 3.8) is 0 Å². The van der Waals surface area contributed by atoms with Crippen LogP contribution in [0.15, 0.2) is 23.1 Å². The van der Waals surface area contributed by atoms with E-state index < -0.39 is 36.5 Å². The van der Waals surface area contributed by atoms with Gasteiger partial charge in [0.2, 0.25) is 0 Å². The predicted molar refractivity (Wildman–Crippen MR) is 82.6 cm³/mol. The highest BCUT2D eigenvalue weighted by atomic mass is 32.2. The van der Waals surface area contributed by atoms with Crippen LogP contribution in [0.1, 0.15) is 17.3 Å². The third kappa shape index (κ3) is 3.85. The average molecular weight is 344 g/mol. The van der Waals surface area contributed by atoms with Crippen molar-refractivity contribution in [3.05, 3.63) is 23.8 Å². The van der Waals surface area contributed by atoms with Crippen LogP contribution in [-0.2, 0) is 4.74 Å². The molecule has 5 atom stereocenters. The van der Waals surface area contributed by atoms with Crippen molar-refractivity contribution in [2.24, 2.45) is 0 Å². The summed E-state index contributed by atoms with van der Waals surface area (Å²) in [5, 5.41) is 38.9. The fraction of sp³-hybridized carbons (Fsp3) is 0.533. The maximum absolute atomic E-state index is 11.5. The van der Waals surface area contributed by atoms with E-state index >= 15 is 0 Å². The molecule has 0 aromatic heterocycles. The molecule has 0 aliphatic carbocycles. The van der Waals surface area contributed by atoms with Crippen molar-refractivity contribution in [1.29, 1.82) is 0 Å². The zero-order valence-electron chi connectivity index (χ0n) is 12.7. The van der Waals surface area contributed by atoms with Gasteiger partial charge in [0.15, 0.2) is 5.78 Å². The Balaban J connectivity index is 2.26. The van der Waals surface area contributed by atoms with Gasteiger partial charge >= 0.3 is 0 Å². The van der Waals surface area contributed by atoms with Gasteiger partial charge in [0.25, 0.3) is 0 Å². The first-order valence-corrected chi connectivity index (χ1v) is 7.93. The molecule has 0 spiro atoms. The van der Waals surface area contributed by atoms with E-state index in [4.69, 9.17) is 9.47 Å². The standard InChI is InChI=1S/C15H20O7S/c1-7(17)8-3-4-9(21-2)11(5-8)23-15-14(20)13(19)12(18)10(6-16)22-15/h3-5,10,12-16,18-20H,6H2,1-2H3/t10-,12+,13+,14-,15+/m1/s1. The highest BCUT2D eigenvalue weighted by Crippen LogP contribution is 2.38. The van der Waals surface area contributed by atoms with Gasteiger partial charge in [-0.3, -0.25) is 4.79 Å². The molecule has 1 aromatic rings. The van der Waals surface area contributed by atoms with E-state index in [0.717, 1.165) is 11.8 Å². The van der Waals surface area contributed by atoms with Crippen LogP contribution in [-0.4, -0.2) is 69.8 Å². The number of hydrogen-bond donors (Lipinski definition) is 4. The molecule has 0 unspecified atom stereocenters. The summed E-state index contributed by atoms with van der Waals surface area (Å²) >= 11 is 1.05. The third-order valence-corrected chi connectivity index (χ3v) is 4.86. The molecule has 0 amide bonds. The lowest BCUT2D eigenvalue weighted by Gasteiger charge is -2.39. The normalized spacial score (nSPS) is 31.0. The summed E-state index contributed by atoms with van der Waals surface area (Å²) in [4.78, 5) is 12.1.